The topological polar surface area (TPSA) is 110 Å². The molecule has 8 heteroatoms. The SMILES string of the molecule is C=CC(=C)C.Cc1cccc(C)c1-c1cc(OCC(N)CC23CC(C2)C3)nc(NSc2cccc(C(=O)O)c2)n1. The molecular formula is C32H38N4O3S. The van der Waals surface area contributed by atoms with Gasteiger partial charge in [-0.1, -0.05) is 49.1 Å². The summed E-state index contributed by atoms with van der Waals surface area (Å²) in [6.45, 7) is 13.5. The molecule has 0 aliphatic heterocycles. The van der Waals surface area contributed by atoms with Gasteiger partial charge in [-0.2, -0.15) is 4.98 Å². The highest BCUT2D eigenvalue weighted by Gasteiger charge is 2.56. The van der Waals surface area contributed by atoms with Gasteiger partial charge in [0.1, 0.15) is 6.61 Å². The van der Waals surface area contributed by atoms with E-state index in [9.17, 15) is 9.90 Å². The van der Waals surface area contributed by atoms with Crippen molar-refractivity contribution in [3.63, 3.8) is 0 Å². The molecule has 1 atom stereocenters. The monoisotopic (exact) mass is 558 g/mol. The lowest BCUT2D eigenvalue weighted by atomic mass is 9.43. The molecular weight excluding hydrogens is 520 g/mol. The van der Waals surface area contributed by atoms with Gasteiger partial charge in [0, 0.05) is 22.6 Å². The van der Waals surface area contributed by atoms with Crippen molar-refractivity contribution < 1.29 is 14.6 Å². The standard InChI is InChI=1S/C27H30N4O3S.C5H8/c1-16-5-3-6-17(2)24(16)22-10-23(34-15-20(28)14-27-11-18(12-27)13-27)30-26(29-22)31-35-21-8-4-7-19(9-21)25(32)33;1-4-5(2)3/h3-10,18,20H,11-15,28H2,1-2H3,(H,32,33)(H,29,30,31);4H,1-2H2,3H3. The largest absolute Gasteiger partial charge is 0.478 e. The Morgan fingerprint density at radius 3 is 2.42 bits per heavy atom. The van der Waals surface area contributed by atoms with Gasteiger partial charge in [-0.15, -0.1) is 0 Å². The number of aromatic carboxylic acids is 1. The van der Waals surface area contributed by atoms with E-state index >= 15 is 0 Å². The second-order valence-electron chi connectivity index (χ2n) is 11.0. The van der Waals surface area contributed by atoms with Crippen molar-refractivity contribution in [2.24, 2.45) is 17.1 Å². The van der Waals surface area contributed by atoms with Crippen molar-refractivity contribution in [2.75, 3.05) is 11.3 Å². The second-order valence-corrected chi connectivity index (χ2v) is 11.9. The van der Waals surface area contributed by atoms with E-state index < -0.39 is 5.97 Å². The van der Waals surface area contributed by atoms with Gasteiger partial charge in [-0.3, -0.25) is 4.72 Å². The van der Waals surface area contributed by atoms with Crippen LogP contribution in [-0.4, -0.2) is 33.7 Å². The summed E-state index contributed by atoms with van der Waals surface area (Å²) in [5, 5.41) is 9.26. The summed E-state index contributed by atoms with van der Waals surface area (Å²) in [7, 11) is 0. The lowest BCUT2D eigenvalue weighted by molar-refractivity contribution is -0.117. The average Bonchev–Trinajstić information content (AvgIpc) is 2.88. The highest BCUT2D eigenvalue weighted by molar-refractivity contribution is 8.00. The maximum absolute atomic E-state index is 11.3. The Morgan fingerprint density at radius 1 is 1.20 bits per heavy atom. The minimum atomic E-state index is -0.966. The molecule has 40 heavy (non-hydrogen) atoms. The van der Waals surface area contributed by atoms with Crippen LogP contribution < -0.4 is 15.2 Å². The third-order valence-corrected chi connectivity index (χ3v) is 8.21. The van der Waals surface area contributed by atoms with Crippen LogP contribution in [0.15, 0.2) is 78.2 Å². The van der Waals surface area contributed by atoms with Crippen molar-refractivity contribution in [1.29, 1.82) is 0 Å². The molecule has 210 valence electrons. The van der Waals surface area contributed by atoms with E-state index in [0.717, 1.165) is 45.2 Å². The number of benzene rings is 2. The van der Waals surface area contributed by atoms with Crippen molar-refractivity contribution in [2.45, 2.75) is 57.4 Å². The first kappa shape index (κ1) is 29.4. The van der Waals surface area contributed by atoms with Crippen LogP contribution in [0.25, 0.3) is 11.3 Å². The van der Waals surface area contributed by atoms with Gasteiger partial charge in [0.15, 0.2) is 0 Å². The fraction of sp³-hybridized carbons (Fsp3) is 0.344. The van der Waals surface area contributed by atoms with Crippen LogP contribution in [-0.2, 0) is 0 Å². The quantitative estimate of drug-likeness (QED) is 0.167. The lowest BCUT2D eigenvalue weighted by Gasteiger charge is -2.63. The minimum absolute atomic E-state index is 0.0283. The second kappa shape index (κ2) is 12.7. The predicted octanol–water partition coefficient (Wildman–Crippen LogP) is 7.22. The molecule has 3 aromatic rings. The minimum Gasteiger partial charge on any atom is -0.478 e. The van der Waals surface area contributed by atoms with Crippen molar-refractivity contribution in [3.05, 3.63) is 90.0 Å². The Bertz CT molecular complexity index is 1370. The van der Waals surface area contributed by atoms with Gasteiger partial charge in [-0.05, 0) is 99.1 Å². The van der Waals surface area contributed by atoms with Crippen LogP contribution in [0.4, 0.5) is 5.95 Å². The van der Waals surface area contributed by atoms with Crippen molar-refractivity contribution in [3.8, 4) is 17.1 Å². The molecule has 4 N–H and O–H groups in total. The molecule has 0 amide bonds. The molecule has 2 aromatic carbocycles. The van der Waals surface area contributed by atoms with Gasteiger partial charge in [-0.25, -0.2) is 9.78 Å². The van der Waals surface area contributed by atoms with Gasteiger partial charge in [0.2, 0.25) is 11.8 Å². The van der Waals surface area contributed by atoms with E-state index in [4.69, 9.17) is 15.5 Å². The van der Waals surface area contributed by atoms with E-state index in [0.29, 0.717) is 23.9 Å². The zero-order valence-corrected chi connectivity index (χ0v) is 24.3. The molecule has 1 unspecified atom stereocenters. The highest BCUT2D eigenvalue weighted by Crippen LogP contribution is 2.66. The van der Waals surface area contributed by atoms with Crippen LogP contribution in [0.3, 0.4) is 0 Å². The first-order valence-electron chi connectivity index (χ1n) is 13.5. The summed E-state index contributed by atoms with van der Waals surface area (Å²) in [5.41, 5.74) is 12.2. The molecule has 0 radical (unpaired) electrons. The number of allylic oxidation sites excluding steroid dienone is 2. The molecule has 1 heterocycles. The molecule has 0 spiro atoms. The maximum Gasteiger partial charge on any atom is 0.335 e. The number of ether oxygens (including phenoxy) is 1. The van der Waals surface area contributed by atoms with Crippen LogP contribution in [0.2, 0.25) is 0 Å². The fourth-order valence-electron chi connectivity index (χ4n) is 5.40. The number of rotatable bonds is 11. The van der Waals surface area contributed by atoms with Gasteiger partial charge in [0.25, 0.3) is 0 Å². The fourth-order valence-corrected chi connectivity index (χ4v) is 6.04. The summed E-state index contributed by atoms with van der Waals surface area (Å²) in [5.74, 6) is 0.825. The predicted molar refractivity (Wildman–Crippen MR) is 163 cm³/mol. The molecule has 7 nitrogen and oxygen atoms in total. The Balaban J connectivity index is 0.000000681. The highest BCUT2D eigenvalue weighted by atomic mass is 32.2. The number of nitrogens with two attached hydrogens (primary N) is 1. The Hall–Kier alpha value is -3.62. The molecule has 0 saturated heterocycles. The molecule has 6 rings (SSSR count). The number of aromatic nitrogens is 2. The van der Waals surface area contributed by atoms with Crippen LogP contribution in [0, 0.1) is 25.2 Å². The third kappa shape index (κ3) is 7.31. The number of carbonyl (C=O) groups is 1. The van der Waals surface area contributed by atoms with Crippen LogP contribution in [0.1, 0.15) is 54.1 Å². The maximum atomic E-state index is 11.3. The molecule has 3 saturated carbocycles. The zero-order valence-electron chi connectivity index (χ0n) is 23.4. The summed E-state index contributed by atoms with van der Waals surface area (Å²) in [6.07, 6.45) is 6.68. The first-order chi connectivity index (χ1) is 19.1. The summed E-state index contributed by atoms with van der Waals surface area (Å²) >= 11 is 1.26. The van der Waals surface area contributed by atoms with Crippen LogP contribution in [0.5, 0.6) is 5.88 Å². The Labute approximate surface area is 241 Å². The number of aryl methyl sites for hydroxylation is 2. The molecule has 3 fully saturated rings. The number of hydrogen-bond acceptors (Lipinski definition) is 7. The Kier molecular flexibility index (Phi) is 9.32. The van der Waals surface area contributed by atoms with Gasteiger partial charge < -0.3 is 15.6 Å². The number of hydrogen-bond donors (Lipinski definition) is 3. The van der Waals surface area contributed by atoms with E-state index in [2.05, 4.69) is 48.8 Å². The first-order valence-corrected chi connectivity index (χ1v) is 14.3. The summed E-state index contributed by atoms with van der Waals surface area (Å²) in [6, 6.07) is 14.7. The summed E-state index contributed by atoms with van der Waals surface area (Å²) in [4.78, 5) is 21.3. The van der Waals surface area contributed by atoms with Crippen LogP contribution >= 0.6 is 11.9 Å². The Morgan fingerprint density at radius 2 is 1.85 bits per heavy atom. The molecule has 3 aliphatic carbocycles. The molecule has 3 aliphatic rings. The van der Waals surface area contributed by atoms with E-state index in [1.807, 2.05) is 25.1 Å². The normalized spacial score (nSPS) is 19.1. The van der Waals surface area contributed by atoms with Crippen molar-refractivity contribution >= 4 is 23.9 Å². The number of carboxylic acids is 1. The van der Waals surface area contributed by atoms with Gasteiger partial charge in [0.05, 0.1) is 11.3 Å². The smallest absolute Gasteiger partial charge is 0.335 e. The molecule has 1 aromatic heterocycles. The van der Waals surface area contributed by atoms with E-state index in [1.165, 1.54) is 31.2 Å². The number of nitrogens with one attached hydrogen (secondary N) is 1. The van der Waals surface area contributed by atoms with E-state index in [-0.39, 0.29) is 11.6 Å². The zero-order chi connectivity index (χ0) is 28.9. The van der Waals surface area contributed by atoms with E-state index in [1.54, 1.807) is 24.3 Å². The molecule has 2 bridgehead atoms. The van der Waals surface area contributed by atoms with Gasteiger partial charge >= 0.3 is 5.97 Å². The number of nitrogens with zero attached hydrogens (tertiary/aromatic N) is 2. The number of carboxylic acid groups (broad SMARTS) is 1. The third-order valence-electron chi connectivity index (χ3n) is 7.44. The van der Waals surface area contributed by atoms with Crippen molar-refractivity contribution in [1.82, 2.24) is 9.97 Å². The lowest BCUT2D eigenvalue weighted by Crippen LogP contribution is -2.54. The number of anilines is 1. The summed E-state index contributed by atoms with van der Waals surface area (Å²) < 4.78 is 9.24. The average molecular weight is 559 g/mol.